The van der Waals surface area contributed by atoms with Crippen molar-refractivity contribution in [2.45, 2.75) is 38.6 Å². The van der Waals surface area contributed by atoms with E-state index in [1.165, 1.54) is 19.3 Å². The minimum absolute atomic E-state index is 0.0736. The molecule has 0 spiro atoms. The van der Waals surface area contributed by atoms with E-state index in [-0.39, 0.29) is 6.04 Å². The molecule has 1 N–H and O–H groups in total. The number of nitrogens with zero attached hydrogens (tertiary/aromatic N) is 1. The maximum Gasteiger partial charge on any atom is 0.0253 e. The first-order valence-corrected chi connectivity index (χ1v) is 6.83. The molecule has 4 rings (SSSR count). The Morgan fingerprint density at radius 3 is 2.19 bits per heavy atom. The monoisotopic (exact) mass is 222 g/mol. The second-order valence-corrected chi connectivity index (χ2v) is 6.71. The number of rotatable bonds is 1. The van der Waals surface area contributed by atoms with E-state index in [1.54, 1.807) is 0 Å². The van der Waals surface area contributed by atoms with Crippen molar-refractivity contribution in [3.05, 3.63) is 5.21 Å². The first kappa shape index (κ1) is 9.86. The van der Waals surface area contributed by atoms with Gasteiger partial charge in [0, 0.05) is 6.04 Å². The molecular weight excluding hydrogens is 202 g/mol. The van der Waals surface area contributed by atoms with Crippen LogP contribution in [-0.4, -0.2) is 16.5 Å². The van der Waals surface area contributed by atoms with Crippen molar-refractivity contribution >= 4 is 0 Å². The molecule has 90 valence electrons. The van der Waals surface area contributed by atoms with E-state index in [2.05, 4.69) is 6.92 Å². The highest BCUT2D eigenvalue weighted by Gasteiger charge is 2.64. The molecule has 4 aliphatic carbocycles. The second kappa shape index (κ2) is 3.01. The van der Waals surface area contributed by atoms with Gasteiger partial charge in [0.1, 0.15) is 0 Å². The van der Waals surface area contributed by atoms with Crippen molar-refractivity contribution in [1.29, 1.82) is 0 Å². The fourth-order valence-electron chi connectivity index (χ4n) is 6.02. The molecule has 4 saturated carbocycles. The van der Waals surface area contributed by atoms with E-state index in [4.69, 9.17) is 0 Å². The highest BCUT2D eigenvalue weighted by Crippen LogP contribution is 2.69. The Bertz CT molecular complexity index is 311. The summed E-state index contributed by atoms with van der Waals surface area (Å²) in [5.41, 5.74) is 0. The van der Waals surface area contributed by atoms with E-state index in [9.17, 15) is 10.4 Å². The van der Waals surface area contributed by atoms with Crippen LogP contribution in [0.5, 0.6) is 0 Å². The van der Waals surface area contributed by atoms with Gasteiger partial charge in [0.05, 0.1) is 0 Å². The van der Waals surface area contributed by atoms with Crippen molar-refractivity contribution in [2.24, 2.45) is 41.4 Å². The maximum atomic E-state index is 11.3. The minimum atomic E-state index is -0.0736. The maximum absolute atomic E-state index is 11.3. The first-order valence-electron chi connectivity index (χ1n) is 6.83. The Labute approximate surface area is 96.4 Å². The number of hydroxylamine groups is 2. The Morgan fingerprint density at radius 1 is 1.00 bits per heavy atom. The molecule has 0 aliphatic heterocycles. The van der Waals surface area contributed by atoms with Gasteiger partial charge in [-0.3, -0.25) is 5.23 Å². The zero-order chi connectivity index (χ0) is 11.0. The average Bonchev–Trinajstić information content (AvgIpc) is 2.62. The molecule has 0 radical (unpaired) electrons. The molecule has 3 nitrogen and oxygen atoms in total. The quantitative estimate of drug-likeness (QED) is 0.693. The van der Waals surface area contributed by atoms with E-state index in [0.717, 1.165) is 41.9 Å². The summed E-state index contributed by atoms with van der Waals surface area (Å²) in [7, 11) is 0. The highest BCUT2D eigenvalue weighted by atomic mass is 16.8. The normalized spacial score (nSPS) is 62.2. The molecular formula is C13H20NO2-. The smallest absolute Gasteiger partial charge is 0.0253 e. The van der Waals surface area contributed by atoms with Gasteiger partial charge < -0.3 is 10.4 Å². The fourth-order valence-corrected chi connectivity index (χ4v) is 6.02. The molecule has 0 aromatic heterocycles. The summed E-state index contributed by atoms with van der Waals surface area (Å²) in [4.78, 5) is 0. The molecule has 4 fully saturated rings. The number of fused-ring (bicyclic) bond motifs is 3. The van der Waals surface area contributed by atoms with Crippen molar-refractivity contribution in [3.8, 4) is 0 Å². The number of hydrogen-bond acceptors (Lipinski definition) is 3. The van der Waals surface area contributed by atoms with Crippen molar-refractivity contribution < 1.29 is 5.21 Å². The van der Waals surface area contributed by atoms with Crippen molar-refractivity contribution in [2.75, 3.05) is 0 Å². The molecule has 8 atom stereocenters. The van der Waals surface area contributed by atoms with Crippen LogP contribution >= 0.6 is 0 Å². The van der Waals surface area contributed by atoms with Crippen LogP contribution in [0.3, 0.4) is 0 Å². The molecule has 0 heterocycles. The molecule has 4 bridgehead atoms. The van der Waals surface area contributed by atoms with Crippen LogP contribution in [-0.2, 0) is 0 Å². The van der Waals surface area contributed by atoms with Gasteiger partial charge in [-0.2, -0.15) is 0 Å². The molecule has 4 aliphatic rings. The lowest BCUT2D eigenvalue weighted by Gasteiger charge is -2.50. The molecule has 8 unspecified atom stereocenters. The first-order chi connectivity index (χ1) is 7.68. The molecule has 0 amide bonds. The molecule has 0 aromatic rings. The van der Waals surface area contributed by atoms with Gasteiger partial charge >= 0.3 is 0 Å². The van der Waals surface area contributed by atoms with Gasteiger partial charge in [0.25, 0.3) is 0 Å². The Kier molecular flexibility index (Phi) is 1.85. The van der Waals surface area contributed by atoms with Gasteiger partial charge in [-0.25, -0.2) is 0 Å². The van der Waals surface area contributed by atoms with Gasteiger partial charge in [-0.1, -0.05) is 6.92 Å². The Balaban J connectivity index is 1.74. The Morgan fingerprint density at radius 2 is 1.62 bits per heavy atom. The lowest BCUT2D eigenvalue weighted by Crippen LogP contribution is -2.45. The van der Waals surface area contributed by atoms with Crippen molar-refractivity contribution in [3.63, 3.8) is 0 Å². The minimum Gasteiger partial charge on any atom is -0.762 e. The summed E-state index contributed by atoms with van der Waals surface area (Å²) in [5.74, 6) is 5.37. The fraction of sp³-hybridized carbons (Fsp3) is 1.00. The second-order valence-electron chi connectivity index (χ2n) is 6.71. The predicted octanol–water partition coefficient (Wildman–Crippen LogP) is 2.49. The highest BCUT2D eigenvalue weighted by molar-refractivity contribution is 5.14. The third-order valence-electron chi connectivity index (χ3n) is 6.46. The molecule has 3 heteroatoms. The molecule has 16 heavy (non-hydrogen) atoms. The standard InChI is InChI=1S/C13H20NO2/c1-6-4-9-7-2-3-8(7)10-5-11(14(15)16)13(9)12(6)10/h6-13,15H,2-5H2,1H3/q-1. The third-order valence-corrected chi connectivity index (χ3v) is 6.46. The van der Waals surface area contributed by atoms with Gasteiger partial charge in [-0.15, -0.1) is 0 Å². The zero-order valence-corrected chi connectivity index (χ0v) is 9.75. The summed E-state index contributed by atoms with van der Waals surface area (Å²) < 4.78 is 0. The summed E-state index contributed by atoms with van der Waals surface area (Å²) in [6.07, 6.45) is 5.06. The molecule has 0 saturated heterocycles. The topological polar surface area (TPSA) is 46.5 Å². The van der Waals surface area contributed by atoms with Crippen LogP contribution in [0.25, 0.3) is 0 Å². The predicted molar refractivity (Wildman–Crippen MR) is 59.4 cm³/mol. The SMILES string of the molecule is CC1CC2C3CCC3C3CC(N([O-])O)C2C13. The van der Waals surface area contributed by atoms with Crippen LogP contribution in [0.1, 0.15) is 32.6 Å². The van der Waals surface area contributed by atoms with E-state index >= 15 is 0 Å². The lowest BCUT2D eigenvalue weighted by molar-refractivity contribution is -0.102. The summed E-state index contributed by atoms with van der Waals surface area (Å²) in [6, 6.07) is -0.0736. The van der Waals surface area contributed by atoms with Gasteiger partial charge in [-0.05, 0) is 67.1 Å². The Hall–Kier alpha value is -0.120. The summed E-state index contributed by atoms with van der Waals surface area (Å²) >= 11 is 0. The zero-order valence-electron chi connectivity index (χ0n) is 9.75. The summed E-state index contributed by atoms with van der Waals surface area (Å²) in [5, 5.41) is 20.9. The van der Waals surface area contributed by atoms with Gasteiger partial charge in [0.15, 0.2) is 0 Å². The number of hydrogen-bond donors (Lipinski definition) is 1. The van der Waals surface area contributed by atoms with E-state index in [1.807, 2.05) is 0 Å². The van der Waals surface area contributed by atoms with E-state index in [0.29, 0.717) is 11.1 Å². The summed E-state index contributed by atoms with van der Waals surface area (Å²) in [6.45, 7) is 2.37. The van der Waals surface area contributed by atoms with Crippen LogP contribution in [0.15, 0.2) is 0 Å². The lowest BCUT2D eigenvalue weighted by atomic mass is 9.55. The molecule has 0 aromatic carbocycles. The van der Waals surface area contributed by atoms with Crippen LogP contribution in [0, 0.1) is 46.6 Å². The van der Waals surface area contributed by atoms with Crippen LogP contribution < -0.4 is 0 Å². The largest absolute Gasteiger partial charge is 0.762 e. The van der Waals surface area contributed by atoms with E-state index < -0.39 is 0 Å². The third kappa shape index (κ3) is 0.964. The van der Waals surface area contributed by atoms with Crippen molar-refractivity contribution in [1.82, 2.24) is 5.23 Å². The van der Waals surface area contributed by atoms with Crippen LogP contribution in [0.4, 0.5) is 0 Å². The average molecular weight is 222 g/mol. The van der Waals surface area contributed by atoms with Crippen LogP contribution in [0.2, 0.25) is 0 Å². The van der Waals surface area contributed by atoms with Gasteiger partial charge in [0.2, 0.25) is 0 Å².